The zero-order valence-corrected chi connectivity index (χ0v) is 33.1. The molecule has 12 rings (SSSR count). The highest BCUT2D eigenvalue weighted by molar-refractivity contribution is 7.26. The molecule has 0 N–H and O–H groups in total. The molecule has 10 aromatic rings. The van der Waals surface area contributed by atoms with Crippen molar-refractivity contribution in [2.24, 2.45) is 0 Å². The highest BCUT2D eigenvalue weighted by Gasteiger charge is 2.42. The van der Waals surface area contributed by atoms with Gasteiger partial charge >= 0.3 is 0 Å². The van der Waals surface area contributed by atoms with E-state index in [1.807, 2.05) is 22.7 Å². The van der Waals surface area contributed by atoms with Crippen molar-refractivity contribution in [2.75, 3.05) is 4.90 Å². The second-order valence-electron chi connectivity index (χ2n) is 16.2. The first-order valence-electron chi connectivity index (χ1n) is 19.5. The number of rotatable bonds is 4. The Hall–Kier alpha value is -6.00. The molecule has 266 valence electrons. The molecule has 0 spiro atoms. The van der Waals surface area contributed by atoms with E-state index in [1.165, 1.54) is 107 Å². The van der Waals surface area contributed by atoms with Crippen LogP contribution in [0.1, 0.15) is 48.6 Å². The van der Waals surface area contributed by atoms with Crippen molar-refractivity contribution in [2.45, 2.75) is 31.6 Å². The Bertz CT molecular complexity index is 3220. The van der Waals surface area contributed by atoms with Gasteiger partial charge in [0.2, 0.25) is 0 Å². The number of nitrogens with zero attached hydrogens (tertiary/aromatic N) is 1. The van der Waals surface area contributed by atoms with Crippen molar-refractivity contribution in [1.82, 2.24) is 0 Å². The van der Waals surface area contributed by atoms with Crippen LogP contribution in [0.4, 0.5) is 17.1 Å². The SMILES string of the molecule is CC1(C)c2ccccc2-c2ccc(N(c3ccc4c(c3)sc3ccccc34)c3ccc4c(c3)sc3c(C5(C)c6ccccc6-c6ccccc65)cccc34)cc21. The van der Waals surface area contributed by atoms with Crippen LogP contribution in [-0.2, 0) is 10.8 Å². The summed E-state index contributed by atoms with van der Waals surface area (Å²) >= 11 is 3.82. The maximum absolute atomic E-state index is 2.48. The third-order valence-electron chi connectivity index (χ3n) is 12.9. The summed E-state index contributed by atoms with van der Waals surface area (Å²) in [7, 11) is 0. The summed E-state index contributed by atoms with van der Waals surface area (Å²) in [6.45, 7) is 7.18. The molecule has 0 saturated heterocycles. The molecular formula is C53H37NS2. The number of hydrogen-bond acceptors (Lipinski definition) is 3. The molecule has 0 unspecified atom stereocenters. The standard InChI is InChI=1S/C53H37NS2/c1-52(2)43-18-8-4-13-35(43)38-26-23-32(29-47(38)52)54(33-24-27-40-39-16-7-11-22-48(39)55-49(40)30-33)34-25-28-41-42-17-12-21-46(51(42)56-50(41)31-34)53(3)44-19-9-5-14-36(44)37-15-6-10-20-45(37)53/h4-31H,1-3H3. The highest BCUT2D eigenvalue weighted by Crippen LogP contribution is 2.56. The monoisotopic (exact) mass is 751 g/mol. The summed E-state index contributed by atoms with van der Waals surface area (Å²) in [5.74, 6) is 0. The lowest BCUT2D eigenvalue weighted by atomic mass is 9.74. The second kappa shape index (κ2) is 11.5. The topological polar surface area (TPSA) is 3.24 Å². The normalized spacial score (nSPS) is 14.6. The van der Waals surface area contributed by atoms with E-state index in [2.05, 4.69) is 196 Å². The average Bonchev–Trinajstić information content (AvgIpc) is 3.94. The summed E-state index contributed by atoms with van der Waals surface area (Å²) in [5.41, 5.74) is 15.5. The van der Waals surface area contributed by atoms with Gasteiger partial charge in [0, 0.05) is 68.2 Å². The van der Waals surface area contributed by atoms with Crippen molar-refractivity contribution in [1.29, 1.82) is 0 Å². The molecule has 0 saturated carbocycles. The lowest BCUT2D eigenvalue weighted by Gasteiger charge is -2.28. The summed E-state index contributed by atoms with van der Waals surface area (Å²) < 4.78 is 5.30. The Morgan fingerprint density at radius 1 is 0.357 bits per heavy atom. The maximum Gasteiger partial charge on any atom is 0.0476 e. The van der Waals surface area contributed by atoms with E-state index in [1.54, 1.807) is 0 Å². The smallest absolute Gasteiger partial charge is 0.0476 e. The largest absolute Gasteiger partial charge is 0.310 e. The van der Waals surface area contributed by atoms with E-state index in [4.69, 9.17) is 0 Å². The Morgan fingerprint density at radius 3 is 1.55 bits per heavy atom. The van der Waals surface area contributed by atoms with Crippen LogP contribution in [0.5, 0.6) is 0 Å². The second-order valence-corrected chi connectivity index (χ2v) is 18.3. The summed E-state index contributed by atoms with van der Waals surface area (Å²) in [5, 5.41) is 5.28. The lowest BCUT2D eigenvalue weighted by molar-refractivity contribution is 0.660. The average molecular weight is 752 g/mol. The first-order chi connectivity index (χ1) is 27.4. The molecule has 0 atom stereocenters. The molecule has 3 heteroatoms. The van der Waals surface area contributed by atoms with Gasteiger partial charge in [-0.3, -0.25) is 0 Å². The molecule has 56 heavy (non-hydrogen) atoms. The summed E-state index contributed by atoms with van der Waals surface area (Å²) in [6, 6.07) is 64.0. The molecule has 0 amide bonds. The van der Waals surface area contributed by atoms with Crippen molar-refractivity contribution < 1.29 is 0 Å². The first-order valence-corrected chi connectivity index (χ1v) is 21.1. The van der Waals surface area contributed by atoms with Crippen LogP contribution in [0.2, 0.25) is 0 Å². The van der Waals surface area contributed by atoms with Gasteiger partial charge in [0.05, 0.1) is 0 Å². The molecule has 2 heterocycles. The van der Waals surface area contributed by atoms with Gasteiger partial charge in [-0.2, -0.15) is 0 Å². The Labute approximate surface area is 334 Å². The van der Waals surface area contributed by atoms with Gasteiger partial charge in [0.1, 0.15) is 0 Å². The van der Waals surface area contributed by atoms with E-state index in [0.29, 0.717) is 0 Å². The number of thiophene rings is 2. The molecule has 2 aromatic heterocycles. The number of fused-ring (bicyclic) bond motifs is 12. The minimum absolute atomic E-state index is 0.0948. The molecule has 1 nitrogen and oxygen atoms in total. The number of hydrogen-bond donors (Lipinski definition) is 0. The van der Waals surface area contributed by atoms with Crippen LogP contribution in [-0.4, -0.2) is 0 Å². The highest BCUT2D eigenvalue weighted by atomic mass is 32.1. The molecule has 2 aliphatic carbocycles. The zero-order chi connectivity index (χ0) is 37.3. The Morgan fingerprint density at radius 2 is 0.839 bits per heavy atom. The van der Waals surface area contributed by atoms with Crippen molar-refractivity contribution in [3.8, 4) is 22.3 Å². The molecule has 0 bridgehead atoms. The maximum atomic E-state index is 2.48. The Balaban J connectivity index is 1.06. The minimum Gasteiger partial charge on any atom is -0.310 e. The molecule has 8 aromatic carbocycles. The third-order valence-corrected chi connectivity index (χ3v) is 15.3. The van der Waals surface area contributed by atoms with Crippen LogP contribution < -0.4 is 4.90 Å². The predicted octanol–water partition coefficient (Wildman–Crippen LogP) is 15.5. The molecular weight excluding hydrogens is 715 g/mol. The van der Waals surface area contributed by atoms with Gasteiger partial charge in [-0.05, 0) is 99.5 Å². The molecule has 2 aliphatic rings. The zero-order valence-electron chi connectivity index (χ0n) is 31.4. The van der Waals surface area contributed by atoms with Gasteiger partial charge in [-0.15, -0.1) is 22.7 Å². The van der Waals surface area contributed by atoms with Gasteiger partial charge in [-0.25, -0.2) is 0 Å². The van der Waals surface area contributed by atoms with Crippen LogP contribution >= 0.6 is 22.7 Å². The van der Waals surface area contributed by atoms with Crippen LogP contribution in [0, 0.1) is 0 Å². The van der Waals surface area contributed by atoms with Crippen molar-refractivity contribution in [3.63, 3.8) is 0 Å². The first kappa shape index (κ1) is 32.3. The number of anilines is 3. The number of benzene rings is 8. The molecule has 0 radical (unpaired) electrons. The van der Waals surface area contributed by atoms with Crippen molar-refractivity contribution >= 4 is 80.1 Å². The van der Waals surface area contributed by atoms with E-state index < -0.39 is 0 Å². The Kier molecular flexibility index (Phi) is 6.64. The van der Waals surface area contributed by atoms with E-state index in [-0.39, 0.29) is 10.8 Å². The van der Waals surface area contributed by atoms with Gasteiger partial charge in [0.25, 0.3) is 0 Å². The van der Waals surface area contributed by atoms with Crippen molar-refractivity contribution in [3.05, 3.63) is 198 Å². The molecule has 0 fully saturated rings. The fourth-order valence-corrected chi connectivity index (χ4v) is 12.7. The van der Waals surface area contributed by atoms with Crippen LogP contribution in [0.15, 0.2) is 170 Å². The van der Waals surface area contributed by atoms with Gasteiger partial charge < -0.3 is 4.90 Å². The fourth-order valence-electron chi connectivity index (χ4n) is 10.2. The van der Waals surface area contributed by atoms with E-state index in [9.17, 15) is 0 Å². The van der Waals surface area contributed by atoms with E-state index >= 15 is 0 Å². The fraction of sp³-hybridized carbons (Fsp3) is 0.0943. The lowest BCUT2D eigenvalue weighted by Crippen LogP contribution is -2.22. The van der Waals surface area contributed by atoms with Crippen LogP contribution in [0.3, 0.4) is 0 Å². The third kappa shape index (κ3) is 4.30. The van der Waals surface area contributed by atoms with Crippen LogP contribution in [0.25, 0.3) is 62.6 Å². The minimum atomic E-state index is -0.253. The van der Waals surface area contributed by atoms with Gasteiger partial charge in [0.15, 0.2) is 0 Å². The summed E-state index contributed by atoms with van der Waals surface area (Å²) in [6.07, 6.45) is 0. The predicted molar refractivity (Wildman–Crippen MR) is 242 cm³/mol. The summed E-state index contributed by atoms with van der Waals surface area (Å²) in [4.78, 5) is 2.48. The van der Waals surface area contributed by atoms with E-state index in [0.717, 1.165) is 0 Å². The quantitative estimate of drug-likeness (QED) is 0.173. The van der Waals surface area contributed by atoms with Gasteiger partial charge in [-0.1, -0.05) is 141 Å². The molecule has 0 aliphatic heterocycles.